The highest BCUT2D eigenvalue weighted by Gasteiger charge is 2.12. The zero-order valence-corrected chi connectivity index (χ0v) is 13.2. The summed E-state index contributed by atoms with van der Waals surface area (Å²) in [5.74, 6) is 2.57. The fourth-order valence-electron chi connectivity index (χ4n) is 1.69. The molecule has 1 aromatic heterocycles. The summed E-state index contributed by atoms with van der Waals surface area (Å²) in [6.07, 6.45) is 2.02. The Morgan fingerprint density at radius 1 is 1.35 bits per heavy atom. The van der Waals surface area contributed by atoms with Crippen molar-refractivity contribution in [2.45, 2.75) is 12.3 Å². The molecule has 1 aromatic carbocycles. The van der Waals surface area contributed by atoms with E-state index < -0.39 is 4.92 Å². The first kappa shape index (κ1) is 14.9. The highest BCUT2D eigenvalue weighted by Crippen LogP contribution is 2.28. The van der Waals surface area contributed by atoms with E-state index in [4.69, 9.17) is 4.42 Å². The highest BCUT2D eigenvalue weighted by molar-refractivity contribution is 9.10. The van der Waals surface area contributed by atoms with E-state index in [9.17, 15) is 10.1 Å². The lowest BCUT2D eigenvalue weighted by atomic mass is 10.3. The Labute approximate surface area is 129 Å². The number of halogens is 1. The van der Waals surface area contributed by atoms with Crippen LogP contribution >= 0.6 is 27.7 Å². The molecule has 0 unspecified atom stereocenters. The molecule has 2 rings (SSSR count). The molecule has 1 N–H and O–H groups in total. The molecule has 1 heterocycles. The molecule has 5 nitrogen and oxygen atoms in total. The minimum Gasteiger partial charge on any atom is -0.463 e. The van der Waals surface area contributed by atoms with Gasteiger partial charge < -0.3 is 9.73 Å². The average molecular weight is 357 g/mol. The SMILES string of the molecule is CSCc1ccc(CNc2ccc(Br)c([N+](=O)[O-])c2)o1. The number of nitrogens with one attached hydrogen (secondary N) is 1. The van der Waals surface area contributed by atoms with Crippen LogP contribution in [-0.2, 0) is 12.3 Å². The smallest absolute Gasteiger partial charge is 0.285 e. The van der Waals surface area contributed by atoms with Gasteiger partial charge in [0.2, 0.25) is 0 Å². The van der Waals surface area contributed by atoms with Crippen molar-refractivity contribution in [3.05, 3.63) is 56.4 Å². The van der Waals surface area contributed by atoms with Crippen molar-refractivity contribution < 1.29 is 9.34 Å². The van der Waals surface area contributed by atoms with Gasteiger partial charge in [-0.1, -0.05) is 0 Å². The topological polar surface area (TPSA) is 68.3 Å². The fourth-order valence-corrected chi connectivity index (χ4v) is 2.52. The normalized spacial score (nSPS) is 10.5. The minimum atomic E-state index is -0.418. The number of nitro groups is 1. The molecular formula is C13H13BrN2O3S. The zero-order valence-electron chi connectivity index (χ0n) is 10.8. The molecule has 0 fully saturated rings. The Bertz CT molecular complexity index is 615. The van der Waals surface area contributed by atoms with Crippen molar-refractivity contribution in [3.63, 3.8) is 0 Å². The lowest BCUT2D eigenvalue weighted by molar-refractivity contribution is -0.385. The van der Waals surface area contributed by atoms with Gasteiger partial charge in [0.15, 0.2) is 0 Å². The summed E-state index contributed by atoms with van der Waals surface area (Å²) in [4.78, 5) is 10.4. The number of anilines is 1. The molecule has 106 valence electrons. The van der Waals surface area contributed by atoms with Gasteiger partial charge in [-0.2, -0.15) is 11.8 Å². The van der Waals surface area contributed by atoms with Gasteiger partial charge in [0.25, 0.3) is 5.69 Å². The molecule has 0 aliphatic carbocycles. The van der Waals surface area contributed by atoms with Crippen molar-refractivity contribution in [3.8, 4) is 0 Å². The first-order chi connectivity index (χ1) is 9.60. The highest BCUT2D eigenvalue weighted by atomic mass is 79.9. The summed E-state index contributed by atoms with van der Waals surface area (Å²) in [5.41, 5.74) is 0.722. The van der Waals surface area contributed by atoms with Crippen molar-refractivity contribution in [2.75, 3.05) is 11.6 Å². The standard InChI is InChI=1S/C13H13BrN2O3S/c1-20-8-11-4-3-10(19-11)7-15-9-2-5-12(14)13(6-9)16(17)18/h2-6,15H,7-8H2,1H3. The molecule has 0 bridgehead atoms. The molecular weight excluding hydrogens is 344 g/mol. The van der Waals surface area contributed by atoms with Gasteiger partial charge in [0, 0.05) is 11.8 Å². The maximum Gasteiger partial charge on any atom is 0.285 e. The molecule has 0 spiro atoms. The van der Waals surface area contributed by atoms with E-state index in [1.807, 2.05) is 18.4 Å². The number of benzene rings is 1. The van der Waals surface area contributed by atoms with Crippen LogP contribution in [0, 0.1) is 10.1 Å². The number of hydrogen-bond acceptors (Lipinski definition) is 5. The van der Waals surface area contributed by atoms with E-state index in [0.29, 0.717) is 16.7 Å². The second-order valence-electron chi connectivity index (χ2n) is 4.08. The molecule has 0 amide bonds. The van der Waals surface area contributed by atoms with Gasteiger partial charge >= 0.3 is 0 Å². The molecule has 20 heavy (non-hydrogen) atoms. The number of rotatable bonds is 6. The third-order valence-electron chi connectivity index (χ3n) is 2.61. The van der Waals surface area contributed by atoms with Crippen LogP contribution in [0.4, 0.5) is 11.4 Å². The number of furan rings is 1. The number of nitro benzene ring substituents is 1. The molecule has 2 aromatic rings. The van der Waals surface area contributed by atoms with Gasteiger partial charge in [0.05, 0.1) is 21.7 Å². The van der Waals surface area contributed by atoms with Crippen LogP contribution in [0.3, 0.4) is 0 Å². The number of thioether (sulfide) groups is 1. The Morgan fingerprint density at radius 3 is 2.80 bits per heavy atom. The first-order valence-electron chi connectivity index (χ1n) is 5.84. The van der Waals surface area contributed by atoms with Crippen molar-refractivity contribution in [2.24, 2.45) is 0 Å². The Hall–Kier alpha value is -1.47. The maximum absolute atomic E-state index is 10.9. The molecule has 0 saturated carbocycles. The van der Waals surface area contributed by atoms with Crippen LogP contribution in [0.1, 0.15) is 11.5 Å². The predicted octanol–water partition coefficient (Wildman–Crippen LogP) is 4.43. The Balaban J connectivity index is 2.03. The summed E-state index contributed by atoms with van der Waals surface area (Å²) in [6.45, 7) is 0.493. The molecule has 0 saturated heterocycles. The molecule has 0 radical (unpaired) electrons. The van der Waals surface area contributed by atoms with Crippen molar-refractivity contribution in [1.29, 1.82) is 0 Å². The van der Waals surface area contributed by atoms with E-state index in [1.54, 1.807) is 23.9 Å². The molecule has 0 aliphatic heterocycles. The average Bonchev–Trinajstić information content (AvgIpc) is 2.86. The summed E-state index contributed by atoms with van der Waals surface area (Å²) in [5, 5.41) is 14.0. The quantitative estimate of drug-likeness (QED) is 0.612. The van der Waals surface area contributed by atoms with Crippen LogP contribution in [0.25, 0.3) is 0 Å². The summed E-state index contributed by atoms with van der Waals surface area (Å²) in [7, 11) is 0. The van der Waals surface area contributed by atoms with Crippen molar-refractivity contribution >= 4 is 39.1 Å². The zero-order chi connectivity index (χ0) is 14.5. The summed E-state index contributed by atoms with van der Waals surface area (Å²) in [6, 6.07) is 8.78. The maximum atomic E-state index is 10.9. The van der Waals surface area contributed by atoms with E-state index in [0.717, 1.165) is 17.3 Å². The van der Waals surface area contributed by atoms with Crippen molar-refractivity contribution in [1.82, 2.24) is 0 Å². The second kappa shape index (κ2) is 6.81. The third kappa shape index (κ3) is 3.77. The fraction of sp³-hybridized carbons (Fsp3) is 0.231. The number of hydrogen-bond donors (Lipinski definition) is 1. The Kier molecular flexibility index (Phi) is 5.08. The van der Waals surface area contributed by atoms with Crippen LogP contribution in [-0.4, -0.2) is 11.2 Å². The largest absolute Gasteiger partial charge is 0.463 e. The summed E-state index contributed by atoms with van der Waals surface area (Å²) < 4.78 is 6.09. The van der Waals surface area contributed by atoms with Crippen LogP contribution < -0.4 is 5.32 Å². The van der Waals surface area contributed by atoms with Gasteiger partial charge in [-0.15, -0.1) is 0 Å². The molecule has 0 atom stereocenters. The second-order valence-corrected chi connectivity index (χ2v) is 5.80. The van der Waals surface area contributed by atoms with Crippen LogP contribution in [0.2, 0.25) is 0 Å². The van der Waals surface area contributed by atoms with E-state index >= 15 is 0 Å². The van der Waals surface area contributed by atoms with E-state index in [1.165, 1.54) is 6.07 Å². The van der Waals surface area contributed by atoms with E-state index in [-0.39, 0.29) is 5.69 Å². The first-order valence-corrected chi connectivity index (χ1v) is 8.03. The Morgan fingerprint density at radius 2 is 2.10 bits per heavy atom. The summed E-state index contributed by atoms with van der Waals surface area (Å²) >= 11 is 4.85. The number of nitrogens with zero attached hydrogens (tertiary/aromatic N) is 1. The van der Waals surface area contributed by atoms with Gasteiger partial charge in [-0.3, -0.25) is 10.1 Å². The molecule has 0 aliphatic rings. The predicted molar refractivity (Wildman–Crippen MR) is 84.1 cm³/mol. The van der Waals surface area contributed by atoms with Gasteiger partial charge in [0.1, 0.15) is 11.5 Å². The van der Waals surface area contributed by atoms with E-state index in [2.05, 4.69) is 21.2 Å². The third-order valence-corrected chi connectivity index (χ3v) is 3.86. The van der Waals surface area contributed by atoms with Crippen LogP contribution in [0.5, 0.6) is 0 Å². The molecule has 7 heteroatoms. The minimum absolute atomic E-state index is 0.0394. The lowest BCUT2D eigenvalue weighted by Crippen LogP contribution is -1.99. The van der Waals surface area contributed by atoms with Gasteiger partial charge in [-0.05, 0) is 46.5 Å². The van der Waals surface area contributed by atoms with Crippen LogP contribution in [0.15, 0.2) is 39.2 Å². The lowest BCUT2D eigenvalue weighted by Gasteiger charge is -2.05. The monoisotopic (exact) mass is 356 g/mol. The van der Waals surface area contributed by atoms with Gasteiger partial charge in [-0.25, -0.2) is 0 Å².